The van der Waals surface area contributed by atoms with Gasteiger partial charge in [0.2, 0.25) is 0 Å². The Balaban J connectivity index is 2.20. The van der Waals surface area contributed by atoms with Crippen LogP contribution in [0.1, 0.15) is 47.0 Å². The summed E-state index contributed by atoms with van der Waals surface area (Å²) in [6.45, 7) is 8.83. The third kappa shape index (κ3) is 3.58. The molecule has 0 spiro atoms. The van der Waals surface area contributed by atoms with Gasteiger partial charge in [0.05, 0.1) is 5.60 Å². The fourth-order valence-electron chi connectivity index (χ4n) is 2.15. The van der Waals surface area contributed by atoms with Gasteiger partial charge in [-0.15, -0.1) is 0 Å². The van der Waals surface area contributed by atoms with Gasteiger partial charge in [-0.05, 0) is 39.5 Å². The molecule has 3 unspecified atom stereocenters. The average molecular weight is 199 g/mol. The van der Waals surface area contributed by atoms with Gasteiger partial charge >= 0.3 is 0 Å². The number of ether oxygens (including phenoxy) is 1. The first-order valence-electron chi connectivity index (χ1n) is 5.79. The Hall–Kier alpha value is -0.0800. The van der Waals surface area contributed by atoms with E-state index in [2.05, 4.69) is 33.0 Å². The molecule has 0 aliphatic heterocycles. The van der Waals surface area contributed by atoms with E-state index in [4.69, 9.17) is 4.74 Å². The van der Waals surface area contributed by atoms with Gasteiger partial charge in [-0.25, -0.2) is 0 Å². The highest BCUT2D eigenvalue weighted by atomic mass is 16.5. The van der Waals surface area contributed by atoms with E-state index in [-0.39, 0.29) is 5.60 Å². The Kier molecular flexibility index (Phi) is 3.96. The van der Waals surface area contributed by atoms with E-state index in [0.717, 1.165) is 18.4 Å². The second-order valence-corrected chi connectivity index (χ2v) is 5.25. The normalized spacial score (nSPS) is 28.9. The fraction of sp³-hybridized carbons (Fsp3) is 1.00. The lowest BCUT2D eigenvalue weighted by Gasteiger charge is -2.27. The molecule has 1 rings (SSSR count). The minimum atomic E-state index is 0.00299. The first kappa shape index (κ1) is 12.0. The van der Waals surface area contributed by atoms with Gasteiger partial charge in [-0.3, -0.25) is 0 Å². The van der Waals surface area contributed by atoms with Crippen molar-refractivity contribution in [1.29, 1.82) is 0 Å². The molecule has 14 heavy (non-hydrogen) atoms. The summed E-state index contributed by atoms with van der Waals surface area (Å²) in [4.78, 5) is 0. The van der Waals surface area contributed by atoms with Crippen LogP contribution in [-0.2, 0) is 4.74 Å². The van der Waals surface area contributed by atoms with Crippen molar-refractivity contribution < 1.29 is 4.74 Å². The number of rotatable bonds is 6. The number of hydrogen-bond donors (Lipinski definition) is 1. The summed E-state index contributed by atoms with van der Waals surface area (Å²) in [6, 6.07) is 1.34. The predicted octanol–water partition coefficient (Wildman–Crippen LogP) is 2.58. The molecular weight excluding hydrogens is 174 g/mol. The smallest absolute Gasteiger partial charge is 0.0637 e. The molecule has 0 bridgehead atoms. The van der Waals surface area contributed by atoms with E-state index in [9.17, 15) is 0 Å². The van der Waals surface area contributed by atoms with Crippen molar-refractivity contribution in [2.75, 3.05) is 7.11 Å². The molecule has 1 saturated carbocycles. The molecule has 0 aromatic heterocycles. The van der Waals surface area contributed by atoms with Crippen LogP contribution in [0.2, 0.25) is 0 Å². The first-order valence-corrected chi connectivity index (χ1v) is 5.79. The van der Waals surface area contributed by atoms with Crippen LogP contribution in [0.3, 0.4) is 0 Å². The zero-order valence-corrected chi connectivity index (χ0v) is 10.3. The lowest BCUT2D eigenvalue weighted by atomic mass is 10.00. The first-order chi connectivity index (χ1) is 6.48. The second-order valence-electron chi connectivity index (χ2n) is 5.25. The Morgan fingerprint density at radius 3 is 2.57 bits per heavy atom. The summed E-state index contributed by atoms with van der Waals surface area (Å²) in [5.41, 5.74) is 0.00299. The van der Waals surface area contributed by atoms with Gasteiger partial charge in [-0.2, -0.15) is 0 Å². The second kappa shape index (κ2) is 4.63. The Morgan fingerprint density at radius 2 is 2.14 bits per heavy atom. The molecule has 0 saturated heterocycles. The Labute approximate surface area is 88.4 Å². The van der Waals surface area contributed by atoms with Crippen molar-refractivity contribution >= 4 is 0 Å². The van der Waals surface area contributed by atoms with E-state index in [1.54, 1.807) is 7.11 Å². The highest BCUT2D eigenvalue weighted by Gasteiger charge is 2.36. The molecule has 0 heterocycles. The van der Waals surface area contributed by atoms with Crippen molar-refractivity contribution in [3.8, 4) is 0 Å². The van der Waals surface area contributed by atoms with Crippen LogP contribution in [-0.4, -0.2) is 24.8 Å². The van der Waals surface area contributed by atoms with Crippen molar-refractivity contribution in [3.05, 3.63) is 0 Å². The molecule has 3 atom stereocenters. The number of hydrogen-bond acceptors (Lipinski definition) is 2. The van der Waals surface area contributed by atoms with Crippen molar-refractivity contribution in [3.63, 3.8) is 0 Å². The van der Waals surface area contributed by atoms with Crippen LogP contribution in [0.25, 0.3) is 0 Å². The standard InChI is InChI=1S/C12H25NO/c1-6-10-7-11(10)13-9(2)8-12(3,4)14-5/h9-11,13H,6-8H2,1-5H3. The van der Waals surface area contributed by atoms with Gasteiger partial charge in [0.25, 0.3) is 0 Å². The summed E-state index contributed by atoms with van der Waals surface area (Å²) in [7, 11) is 1.79. The molecule has 1 aliphatic rings. The quantitative estimate of drug-likeness (QED) is 0.710. The fourth-order valence-corrected chi connectivity index (χ4v) is 2.15. The lowest BCUT2D eigenvalue weighted by Crippen LogP contribution is -2.37. The maximum Gasteiger partial charge on any atom is 0.0637 e. The highest BCUT2D eigenvalue weighted by Crippen LogP contribution is 2.34. The minimum absolute atomic E-state index is 0.00299. The van der Waals surface area contributed by atoms with Crippen molar-refractivity contribution in [2.45, 2.75) is 64.6 Å². The summed E-state index contributed by atoms with van der Waals surface area (Å²) in [5.74, 6) is 0.933. The molecule has 2 nitrogen and oxygen atoms in total. The highest BCUT2D eigenvalue weighted by molar-refractivity contribution is 4.94. The summed E-state index contributed by atoms with van der Waals surface area (Å²) in [5, 5.41) is 3.67. The van der Waals surface area contributed by atoms with E-state index in [0.29, 0.717) is 6.04 Å². The third-order valence-corrected chi connectivity index (χ3v) is 3.30. The van der Waals surface area contributed by atoms with Crippen LogP contribution in [0.5, 0.6) is 0 Å². The zero-order valence-electron chi connectivity index (χ0n) is 10.3. The number of methoxy groups -OCH3 is 1. The van der Waals surface area contributed by atoms with Crippen LogP contribution in [0.4, 0.5) is 0 Å². The van der Waals surface area contributed by atoms with Gasteiger partial charge in [0.1, 0.15) is 0 Å². The molecule has 1 aliphatic carbocycles. The summed E-state index contributed by atoms with van der Waals surface area (Å²) < 4.78 is 5.42. The average Bonchev–Trinajstić information content (AvgIpc) is 2.82. The summed E-state index contributed by atoms with van der Waals surface area (Å²) in [6.07, 6.45) is 3.77. The van der Waals surface area contributed by atoms with E-state index in [1.807, 2.05) is 0 Å². The maximum absolute atomic E-state index is 5.42. The summed E-state index contributed by atoms with van der Waals surface area (Å²) >= 11 is 0. The Morgan fingerprint density at radius 1 is 1.50 bits per heavy atom. The number of nitrogens with one attached hydrogen (secondary N) is 1. The molecule has 0 radical (unpaired) electrons. The van der Waals surface area contributed by atoms with Crippen molar-refractivity contribution in [1.82, 2.24) is 5.32 Å². The minimum Gasteiger partial charge on any atom is -0.379 e. The van der Waals surface area contributed by atoms with Gasteiger partial charge in [0, 0.05) is 19.2 Å². The molecule has 1 fully saturated rings. The Bertz CT molecular complexity index is 179. The predicted molar refractivity (Wildman–Crippen MR) is 60.5 cm³/mol. The molecule has 2 heteroatoms. The zero-order chi connectivity index (χ0) is 10.8. The third-order valence-electron chi connectivity index (χ3n) is 3.30. The van der Waals surface area contributed by atoms with Crippen LogP contribution >= 0.6 is 0 Å². The molecule has 0 aromatic carbocycles. The van der Waals surface area contributed by atoms with Gasteiger partial charge in [0.15, 0.2) is 0 Å². The van der Waals surface area contributed by atoms with E-state index in [1.165, 1.54) is 12.8 Å². The molecule has 1 N–H and O–H groups in total. The molecule has 0 amide bonds. The molecule has 84 valence electrons. The molecule has 0 aromatic rings. The SMILES string of the molecule is CCC1CC1NC(C)CC(C)(C)OC. The topological polar surface area (TPSA) is 21.3 Å². The van der Waals surface area contributed by atoms with E-state index < -0.39 is 0 Å². The van der Waals surface area contributed by atoms with E-state index >= 15 is 0 Å². The largest absolute Gasteiger partial charge is 0.379 e. The van der Waals surface area contributed by atoms with Crippen molar-refractivity contribution in [2.24, 2.45) is 5.92 Å². The van der Waals surface area contributed by atoms with Crippen LogP contribution in [0.15, 0.2) is 0 Å². The molecular formula is C12H25NO. The van der Waals surface area contributed by atoms with Gasteiger partial charge < -0.3 is 10.1 Å². The van der Waals surface area contributed by atoms with Gasteiger partial charge in [-0.1, -0.05) is 13.3 Å². The maximum atomic E-state index is 5.42. The van der Waals surface area contributed by atoms with Crippen LogP contribution in [0, 0.1) is 5.92 Å². The van der Waals surface area contributed by atoms with Crippen LogP contribution < -0.4 is 5.32 Å². The lowest BCUT2D eigenvalue weighted by molar-refractivity contribution is 0.00835. The monoisotopic (exact) mass is 199 g/mol.